The number of nitrogens with one attached hydrogen (secondary N) is 1. The Kier molecular flexibility index (Phi) is 3.31. The minimum Gasteiger partial charge on any atom is -0.359 e. The zero-order chi connectivity index (χ0) is 15.2. The van der Waals surface area contributed by atoms with E-state index >= 15 is 0 Å². The highest BCUT2D eigenvalue weighted by molar-refractivity contribution is 5.88. The molecule has 0 radical (unpaired) electrons. The molecule has 1 unspecified atom stereocenters. The molecule has 1 amide bonds. The topological polar surface area (TPSA) is 32.3 Å². The number of allylic oxidation sites excluding steroid dienone is 1. The SMILES string of the molecule is C=C1CCC(N2CCc3ccc(C(C)(C)C)cc32)C(=O)N1. The van der Waals surface area contributed by atoms with Gasteiger partial charge in [-0.25, -0.2) is 0 Å². The van der Waals surface area contributed by atoms with Crippen LogP contribution in [0.1, 0.15) is 44.7 Å². The van der Waals surface area contributed by atoms with Gasteiger partial charge in [-0.3, -0.25) is 4.79 Å². The lowest BCUT2D eigenvalue weighted by molar-refractivity contribution is -0.122. The maximum atomic E-state index is 12.3. The van der Waals surface area contributed by atoms with Crippen LogP contribution in [0.15, 0.2) is 30.5 Å². The van der Waals surface area contributed by atoms with Crippen molar-refractivity contribution in [2.75, 3.05) is 11.4 Å². The van der Waals surface area contributed by atoms with Crippen molar-refractivity contribution >= 4 is 11.6 Å². The molecule has 112 valence electrons. The number of rotatable bonds is 1. The van der Waals surface area contributed by atoms with Gasteiger partial charge in [-0.05, 0) is 41.9 Å². The van der Waals surface area contributed by atoms with Crippen LogP contribution in [0.4, 0.5) is 5.69 Å². The maximum absolute atomic E-state index is 12.3. The summed E-state index contributed by atoms with van der Waals surface area (Å²) in [5, 5.41) is 2.91. The second-order valence-electron chi connectivity index (χ2n) is 7.18. The minimum atomic E-state index is -0.0491. The lowest BCUT2D eigenvalue weighted by atomic mass is 9.86. The molecule has 0 saturated carbocycles. The molecule has 0 aromatic heterocycles. The van der Waals surface area contributed by atoms with E-state index in [9.17, 15) is 4.79 Å². The molecule has 0 spiro atoms. The summed E-state index contributed by atoms with van der Waals surface area (Å²) in [6, 6.07) is 6.69. The summed E-state index contributed by atoms with van der Waals surface area (Å²) in [5.41, 5.74) is 4.91. The Balaban J connectivity index is 1.92. The molecule has 1 saturated heterocycles. The first-order valence-corrected chi connectivity index (χ1v) is 7.75. The number of hydrogen-bond acceptors (Lipinski definition) is 2. The number of fused-ring (bicyclic) bond motifs is 1. The Labute approximate surface area is 127 Å². The predicted octanol–water partition coefficient (Wildman–Crippen LogP) is 3.14. The van der Waals surface area contributed by atoms with E-state index in [1.807, 2.05) is 0 Å². The first-order chi connectivity index (χ1) is 9.86. The molecule has 21 heavy (non-hydrogen) atoms. The van der Waals surface area contributed by atoms with Crippen LogP contribution in [0.2, 0.25) is 0 Å². The zero-order valence-corrected chi connectivity index (χ0v) is 13.2. The van der Waals surface area contributed by atoms with Gasteiger partial charge in [0.15, 0.2) is 0 Å². The van der Waals surface area contributed by atoms with Gasteiger partial charge >= 0.3 is 0 Å². The first kappa shape index (κ1) is 14.2. The van der Waals surface area contributed by atoms with E-state index in [0.717, 1.165) is 31.5 Å². The number of anilines is 1. The van der Waals surface area contributed by atoms with Crippen LogP contribution in [0, 0.1) is 0 Å². The summed E-state index contributed by atoms with van der Waals surface area (Å²) >= 11 is 0. The van der Waals surface area contributed by atoms with Gasteiger partial charge in [0.2, 0.25) is 5.91 Å². The highest BCUT2D eigenvalue weighted by atomic mass is 16.2. The number of hydrogen-bond donors (Lipinski definition) is 1. The van der Waals surface area contributed by atoms with Gasteiger partial charge in [-0.2, -0.15) is 0 Å². The number of amides is 1. The predicted molar refractivity (Wildman–Crippen MR) is 86.5 cm³/mol. The fourth-order valence-corrected chi connectivity index (χ4v) is 3.25. The van der Waals surface area contributed by atoms with Gasteiger partial charge in [0.05, 0.1) is 0 Å². The molecule has 2 aliphatic rings. The van der Waals surface area contributed by atoms with Gasteiger partial charge in [0, 0.05) is 17.9 Å². The summed E-state index contributed by atoms with van der Waals surface area (Å²) in [6.07, 6.45) is 2.77. The quantitative estimate of drug-likeness (QED) is 0.859. The van der Waals surface area contributed by atoms with Gasteiger partial charge in [-0.1, -0.05) is 39.5 Å². The van der Waals surface area contributed by atoms with E-state index in [2.05, 4.69) is 55.8 Å². The lowest BCUT2D eigenvalue weighted by Gasteiger charge is -2.33. The van der Waals surface area contributed by atoms with Crippen molar-refractivity contribution in [2.45, 2.75) is 51.5 Å². The van der Waals surface area contributed by atoms with Crippen LogP contribution in [0.3, 0.4) is 0 Å². The van der Waals surface area contributed by atoms with Crippen LogP contribution in [0.5, 0.6) is 0 Å². The van der Waals surface area contributed by atoms with Crippen LogP contribution in [0.25, 0.3) is 0 Å². The average Bonchev–Trinajstić information content (AvgIpc) is 2.80. The van der Waals surface area contributed by atoms with Gasteiger partial charge < -0.3 is 10.2 Å². The highest BCUT2D eigenvalue weighted by Crippen LogP contribution is 2.36. The average molecular weight is 284 g/mol. The standard InChI is InChI=1S/C18H24N2O/c1-12-5-8-15(17(21)19-12)20-10-9-13-6-7-14(11-16(13)20)18(2,3)4/h6-7,11,15H,1,5,8-10H2,2-4H3,(H,19,21). The molecule has 1 aromatic rings. The summed E-state index contributed by atoms with van der Waals surface area (Å²) in [4.78, 5) is 14.6. The lowest BCUT2D eigenvalue weighted by Crippen LogP contribution is -2.49. The van der Waals surface area contributed by atoms with Crippen LogP contribution in [-0.2, 0) is 16.6 Å². The van der Waals surface area contributed by atoms with Crippen molar-refractivity contribution in [2.24, 2.45) is 0 Å². The molecule has 3 nitrogen and oxygen atoms in total. The van der Waals surface area contributed by atoms with Crippen LogP contribution >= 0.6 is 0 Å². The van der Waals surface area contributed by atoms with Gasteiger partial charge in [0.1, 0.15) is 6.04 Å². The third kappa shape index (κ3) is 2.57. The zero-order valence-electron chi connectivity index (χ0n) is 13.2. The summed E-state index contributed by atoms with van der Waals surface area (Å²) in [6.45, 7) is 11.5. The highest BCUT2D eigenvalue weighted by Gasteiger charge is 2.34. The summed E-state index contributed by atoms with van der Waals surface area (Å²) in [5.74, 6) is 0.0975. The van der Waals surface area contributed by atoms with Crippen molar-refractivity contribution in [3.8, 4) is 0 Å². The fourth-order valence-electron chi connectivity index (χ4n) is 3.25. The molecule has 3 heteroatoms. The maximum Gasteiger partial charge on any atom is 0.246 e. The molecular weight excluding hydrogens is 260 g/mol. The molecular formula is C18H24N2O. The van der Waals surface area contributed by atoms with Gasteiger partial charge in [-0.15, -0.1) is 0 Å². The van der Waals surface area contributed by atoms with Crippen molar-refractivity contribution in [1.29, 1.82) is 0 Å². The normalized spacial score (nSPS) is 22.2. The molecule has 2 aliphatic heterocycles. The number of carbonyl (C=O) groups excluding carboxylic acids is 1. The first-order valence-electron chi connectivity index (χ1n) is 7.75. The van der Waals surface area contributed by atoms with Crippen molar-refractivity contribution in [1.82, 2.24) is 5.32 Å². The molecule has 3 rings (SSSR count). The minimum absolute atomic E-state index is 0.0491. The van der Waals surface area contributed by atoms with E-state index in [1.165, 1.54) is 16.8 Å². The Hall–Kier alpha value is -1.77. The Morgan fingerprint density at radius 2 is 2.05 bits per heavy atom. The number of benzene rings is 1. The number of carbonyl (C=O) groups is 1. The van der Waals surface area contributed by atoms with E-state index in [4.69, 9.17) is 0 Å². The largest absolute Gasteiger partial charge is 0.359 e. The summed E-state index contributed by atoms with van der Waals surface area (Å²) < 4.78 is 0. The summed E-state index contributed by atoms with van der Waals surface area (Å²) in [7, 11) is 0. The third-order valence-corrected chi connectivity index (χ3v) is 4.58. The third-order valence-electron chi connectivity index (χ3n) is 4.58. The van der Waals surface area contributed by atoms with Crippen molar-refractivity contribution in [3.63, 3.8) is 0 Å². The number of nitrogens with zero attached hydrogens (tertiary/aromatic N) is 1. The van der Waals surface area contributed by atoms with Gasteiger partial charge in [0.25, 0.3) is 0 Å². The Morgan fingerprint density at radius 3 is 2.71 bits per heavy atom. The molecule has 0 aliphatic carbocycles. The van der Waals surface area contributed by atoms with E-state index in [1.54, 1.807) is 0 Å². The second-order valence-corrected chi connectivity index (χ2v) is 7.18. The van der Waals surface area contributed by atoms with E-state index < -0.39 is 0 Å². The molecule has 1 atom stereocenters. The number of piperidine rings is 1. The second kappa shape index (κ2) is 4.90. The molecule has 0 bridgehead atoms. The van der Waals surface area contributed by atoms with Crippen molar-refractivity contribution < 1.29 is 4.79 Å². The Morgan fingerprint density at radius 1 is 1.29 bits per heavy atom. The molecule has 2 heterocycles. The van der Waals surface area contributed by atoms with E-state index in [-0.39, 0.29) is 17.4 Å². The fraction of sp³-hybridized carbons (Fsp3) is 0.500. The molecule has 1 aromatic carbocycles. The smallest absolute Gasteiger partial charge is 0.246 e. The monoisotopic (exact) mass is 284 g/mol. The Bertz CT molecular complexity index is 598. The van der Waals surface area contributed by atoms with E-state index in [0.29, 0.717) is 0 Å². The van der Waals surface area contributed by atoms with Crippen LogP contribution < -0.4 is 10.2 Å². The molecule has 1 fully saturated rings. The van der Waals surface area contributed by atoms with Crippen molar-refractivity contribution in [3.05, 3.63) is 41.6 Å². The van der Waals surface area contributed by atoms with Crippen LogP contribution in [-0.4, -0.2) is 18.5 Å². The molecule has 1 N–H and O–H groups in total.